The minimum absolute atomic E-state index is 0.102. The van der Waals surface area contributed by atoms with Gasteiger partial charge in [-0.25, -0.2) is 5.43 Å². The molecule has 0 radical (unpaired) electrons. The summed E-state index contributed by atoms with van der Waals surface area (Å²) >= 11 is 0. The molecule has 0 bridgehead atoms. The molecule has 2 N–H and O–H groups in total. The number of hydrogen-bond donors (Lipinski definition) is 2. The number of ether oxygens (including phenoxy) is 1. The van der Waals surface area contributed by atoms with Crippen LogP contribution in [-0.4, -0.2) is 23.6 Å². The van der Waals surface area contributed by atoms with Crippen molar-refractivity contribution in [3.05, 3.63) is 23.8 Å². The first kappa shape index (κ1) is 15.0. The summed E-state index contributed by atoms with van der Waals surface area (Å²) in [6, 6.07) is 5.49. The Morgan fingerprint density at radius 3 is 2.71 bits per heavy atom. The zero-order valence-corrected chi connectivity index (χ0v) is 12.4. The molecule has 1 heterocycles. The maximum atomic E-state index is 12.1. The van der Waals surface area contributed by atoms with Gasteiger partial charge in [-0.3, -0.25) is 9.59 Å². The Bertz CT molecular complexity index is 594. The highest BCUT2D eigenvalue weighted by Crippen LogP contribution is 2.22. The zero-order chi connectivity index (χ0) is 15.4. The van der Waals surface area contributed by atoms with E-state index in [0.717, 1.165) is 11.3 Å². The normalized spacial score (nSPS) is 14.5. The Morgan fingerprint density at radius 1 is 1.38 bits per heavy atom. The molecule has 1 aromatic carbocycles. The van der Waals surface area contributed by atoms with Crippen molar-refractivity contribution in [3.8, 4) is 5.75 Å². The molecule has 0 aromatic heterocycles. The smallest absolute Gasteiger partial charge is 0.271 e. The second-order valence-electron chi connectivity index (χ2n) is 5.19. The molecule has 1 aliphatic rings. The van der Waals surface area contributed by atoms with Gasteiger partial charge >= 0.3 is 0 Å². The molecule has 0 atom stereocenters. The molecule has 6 nitrogen and oxygen atoms in total. The monoisotopic (exact) mass is 289 g/mol. The number of hydrogen-bond acceptors (Lipinski definition) is 4. The van der Waals surface area contributed by atoms with E-state index in [1.54, 1.807) is 6.07 Å². The van der Waals surface area contributed by atoms with Crippen molar-refractivity contribution in [3.63, 3.8) is 0 Å². The molecule has 0 saturated heterocycles. The molecular formula is C15H19N3O3. The van der Waals surface area contributed by atoms with Crippen LogP contribution in [0.2, 0.25) is 0 Å². The van der Waals surface area contributed by atoms with Crippen LogP contribution in [0, 0.1) is 6.92 Å². The molecule has 0 saturated carbocycles. The van der Waals surface area contributed by atoms with Gasteiger partial charge in [-0.2, -0.15) is 5.10 Å². The Hall–Kier alpha value is -2.37. The van der Waals surface area contributed by atoms with Crippen molar-refractivity contribution in [2.24, 2.45) is 5.10 Å². The molecule has 112 valence electrons. The van der Waals surface area contributed by atoms with Gasteiger partial charge in [-0.05, 0) is 44.5 Å². The Morgan fingerprint density at radius 2 is 2.14 bits per heavy atom. The Labute approximate surface area is 123 Å². The van der Waals surface area contributed by atoms with Crippen molar-refractivity contribution < 1.29 is 14.3 Å². The number of aryl methyl sites for hydroxylation is 1. The number of benzene rings is 1. The first-order chi connectivity index (χ1) is 9.95. The van der Waals surface area contributed by atoms with Gasteiger partial charge in [-0.15, -0.1) is 0 Å². The lowest BCUT2D eigenvalue weighted by molar-refractivity contribution is -0.121. The third-order valence-electron chi connectivity index (χ3n) is 2.98. The lowest BCUT2D eigenvalue weighted by atomic mass is 10.1. The van der Waals surface area contributed by atoms with Crippen LogP contribution in [0.4, 0.5) is 5.69 Å². The predicted octanol–water partition coefficient (Wildman–Crippen LogP) is 1.99. The maximum absolute atomic E-state index is 12.1. The molecule has 0 aliphatic carbocycles. The standard InChI is InChI=1S/C15H19N3O3/c1-9(2)21-11-4-5-12(10(3)8-11)16-15(20)13-6-7-14(19)18-17-13/h4-5,8-9H,6-7H2,1-3H3,(H,16,20)(H,18,19). The SMILES string of the molecule is Cc1cc(OC(C)C)ccc1NC(=O)C1=NNC(=O)CC1. The number of nitrogens with zero attached hydrogens (tertiary/aromatic N) is 1. The molecule has 0 unspecified atom stereocenters. The number of carbonyl (C=O) groups excluding carboxylic acids is 2. The second kappa shape index (κ2) is 6.39. The van der Waals surface area contributed by atoms with E-state index in [1.807, 2.05) is 32.9 Å². The van der Waals surface area contributed by atoms with E-state index in [9.17, 15) is 9.59 Å². The van der Waals surface area contributed by atoms with E-state index in [-0.39, 0.29) is 24.3 Å². The lowest BCUT2D eigenvalue weighted by Crippen LogP contribution is -2.32. The summed E-state index contributed by atoms with van der Waals surface area (Å²) < 4.78 is 5.60. The van der Waals surface area contributed by atoms with Crippen molar-refractivity contribution in [2.75, 3.05) is 5.32 Å². The molecular weight excluding hydrogens is 270 g/mol. The Kier molecular flexibility index (Phi) is 4.57. The number of amides is 2. The van der Waals surface area contributed by atoms with Crippen molar-refractivity contribution in [1.29, 1.82) is 0 Å². The minimum atomic E-state index is -0.296. The quantitative estimate of drug-likeness (QED) is 0.889. The van der Waals surface area contributed by atoms with Crippen LogP contribution in [0.5, 0.6) is 5.75 Å². The van der Waals surface area contributed by atoms with Crippen LogP contribution >= 0.6 is 0 Å². The summed E-state index contributed by atoms with van der Waals surface area (Å²) in [5, 5.41) is 6.57. The fourth-order valence-corrected chi connectivity index (χ4v) is 1.95. The summed E-state index contributed by atoms with van der Waals surface area (Å²) in [4.78, 5) is 23.1. The van der Waals surface area contributed by atoms with Crippen molar-refractivity contribution >= 4 is 23.2 Å². The van der Waals surface area contributed by atoms with Crippen LogP contribution in [0.25, 0.3) is 0 Å². The first-order valence-electron chi connectivity index (χ1n) is 6.90. The average Bonchev–Trinajstić information content (AvgIpc) is 2.42. The molecule has 0 spiro atoms. The van der Waals surface area contributed by atoms with E-state index in [4.69, 9.17) is 4.74 Å². The van der Waals surface area contributed by atoms with E-state index in [1.165, 1.54) is 0 Å². The number of carbonyl (C=O) groups is 2. The van der Waals surface area contributed by atoms with Crippen molar-refractivity contribution in [1.82, 2.24) is 5.43 Å². The Balaban J connectivity index is 2.06. The van der Waals surface area contributed by atoms with E-state index in [2.05, 4.69) is 15.8 Å². The number of rotatable bonds is 4. The van der Waals surface area contributed by atoms with Crippen LogP contribution in [0.3, 0.4) is 0 Å². The first-order valence-corrected chi connectivity index (χ1v) is 6.90. The summed E-state index contributed by atoms with van der Waals surface area (Å²) in [6.07, 6.45) is 0.738. The minimum Gasteiger partial charge on any atom is -0.491 e. The van der Waals surface area contributed by atoms with Gasteiger partial charge in [0.1, 0.15) is 11.5 Å². The number of hydrazone groups is 1. The fourth-order valence-electron chi connectivity index (χ4n) is 1.95. The van der Waals surface area contributed by atoms with Gasteiger partial charge in [-0.1, -0.05) is 0 Å². The van der Waals surface area contributed by atoms with Gasteiger partial charge in [0.05, 0.1) is 6.10 Å². The van der Waals surface area contributed by atoms with Gasteiger partial charge in [0.25, 0.3) is 5.91 Å². The van der Waals surface area contributed by atoms with Crippen LogP contribution in [0.15, 0.2) is 23.3 Å². The summed E-state index contributed by atoms with van der Waals surface area (Å²) in [7, 11) is 0. The maximum Gasteiger partial charge on any atom is 0.271 e. The summed E-state index contributed by atoms with van der Waals surface area (Å²) in [5.74, 6) is 0.302. The molecule has 21 heavy (non-hydrogen) atoms. The average molecular weight is 289 g/mol. The molecule has 1 aliphatic heterocycles. The molecule has 6 heteroatoms. The lowest BCUT2D eigenvalue weighted by Gasteiger charge is -2.15. The van der Waals surface area contributed by atoms with Gasteiger partial charge < -0.3 is 10.1 Å². The highest BCUT2D eigenvalue weighted by molar-refractivity contribution is 6.43. The zero-order valence-electron chi connectivity index (χ0n) is 12.4. The highest BCUT2D eigenvalue weighted by atomic mass is 16.5. The molecule has 1 aromatic rings. The third kappa shape index (κ3) is 4.05. The van der Waals surface area contributed by atoms with Gasteiger partial charge in [0.15, 0.2) is 0 Å². The topological polar surface area (TPSA) is 79.8 Å². The largest absolute Gasteiger partial charge is 0.491 e. The van der Waals surface area contributed by atoms with Crippen LogP contribution in [-0.2, 0) is 9.59 Å². The number of nitrogens with one attached hydrogen (secondary N) is 2. The van der Waals surface area contributed by atoms with Gasteiger partial charge in [0.2, 0.25) is 5.91 Å². The second-order valence-corrected chi connectivity index (χ2v) is 5.19. The van der Waals surface area contributed by atoms with Gasteiger partial charge in [0, 0.05) is 18.5 Å². The van der Waals surface area contributed by atoms with E-state index >= 15 is 0 Å². The fraction of sp³-hybridized carbons (Fsp3) is 0.400. The molecule has 0 fully saturated rings. The number of anilines is 1. The van der Waals surface area contributed by atoms with Crippen molar-refractivity contribution in [2.45, 2.75) is 39.7 Å². The van der Waals surface area contributed by atoms with E-state index in [0.29, 0.717) is 17.8 Å². The van der Waals surface area contributed by atoms with Crippen LogP contribution < -0.4 is 15.5 Å². The van der Waals surface area contributed by atoms with E-state index < -0.39 is 0 Å². The summed E-state index contributed by atoms with van der Waals surface area (Å²) in [6.45, 7) is 5.81. The molecule has 2 amide bonds. The third-order valence-corrected chi connectivity index (χ3v) is 2.98. The molecule has 2 rings (SSSR count). The predicted molar refractivity (Wildman–Crippen MR) is 80.4 cm³/mol. The summed E-state index contributed by atoms with van der Waals surface area (Å²) in [5.41, 5.74) is 4.25. The van der Waals surface area contributed by atoms with Crippen LogP contribution in [0.1, 0.15) is 32.3 Å². The highest BCUT2D eigenvalue weighted by Gasteiger charge is 2.18.